The molecule has 0 unspecified atom stereocenters. The number of benzene rings is 1. The number of halogens is 2. The molecule has 0 radical (unpaired) electrons. The van der Waals surface area contributed by atoms with Crippen LogP contribution in [0.25, 0.3) is 21.9 Å². The highest BCUT2D eigenvalue weighted by molar-refractivity contribution is 14.1. The molecule has 0 saturated heterocycles. The van der Waals surface area contributed by atoms with Crippen LogP contribution in [-0.4, -0.2) is 9.97 Å². The van der Waals surface area contributed by atoms with Crippen LogP contribution in [0.2, 0.25) is 0 Å². The smallest absolute Gasteiger partial charge is 0.140 e. The first-order chi connectivity index (χ1) is 8.77. The van der Waals surface area contributed by atoms with E-state index in [4.69, 9.17) is 0 Å². The Kier molecular flexibility index (Phi) is 2.95. The summed E-state index contributed by atoms with van der Waals surface area (Å²) in [6.45, 7) is 0. The summed E-state index contributed by atoms with van der Waals surface area (Å²) in [6.07, 6.45) is 6.62. The quantitative estimate of drug-likeness (QED) is 0.619. The summed E-state index contributed by atoms with van der Waals surface area (Å²) in [5, 5.41) is 1.43. The normalized spacial score (nSPS) is 10.8. The lowest BCUT2D eigenvalue weighted by molar-refractivity contribution is 0.642. The van der Waals surface area contributed by atoms with Gasteiger partial charge in [0.1, 0.15) is 5.82 Å². The fourth-order valence-corrected chi connectivity index (χ4v) is 2.55. The van der Waals surface area contributed by atoms with E-state index in [2.05, 4.69) is 32.6 Å². The van der Waals surface area contributed by atoms with Gasteiger partial charge in [-0.15, -0.1) is 0 Å². The molecule has 0 aliphatic carbocycles. The summed E-state index contributed by atoms with van der Waals surface area (Å²) < 4.78 is 15.4. The number of nitrogens with zero attached hydrogens (tertiary/aromatic N) is 2. The minimum atomic E-state index is -0.244. The van der Waals surface area contributed by atoms with Crippen molar-refractivity contribution in [3.8, 4) is 11.1 Å². The average Bonchev–Trinajstić information content (AvgIpc) is 2.41. The number of rotatable bonds is 1. The van der Waals surface area contributed by atoms with E-state index in [-0.39, 0.29) is 5.82 Å². The van der Waals surface area contributed by atoms with E-state index in [0.29, 0.717) is 10.9 Å². The lowest BCUT2D eigenvalue weighted by atomic mass is 10.0. The first-order valence-electron chi connectivity index (χ1n) is 5.39. The molecule has 0 fully saturated rings. The Hall–Kier alpha value is -1.56. The maximum Gasteiger partial charge on any atom is 0.140 e. The van der Waals surface area contributed by atoms with Gasteiger partial charge < -0.3 is 0 Å². The lowest BCUT2D eigenvalue weighted by Crippen LogP contribution is -1.90. The zero-order valence-corrected chi connectivity index (χ0v) is 11.4. The van der Waals surface area contributed by atoms with Gasteiger partial charge in [-0.05, 0) is 28.7 Å². The Morgan fingerprint density at radius 2 is 1.83 bits per heavy atom. The van der Waals surface area contributed by atoms with Gasteiger partial charge >= 0.3 is 0 Å². The van der Waals surface area contributed by atoms with Crippen molar-refractivity contribution in [1.82, 2.24) is 9.97 Å². The standard InChI is InChI=1S/C14H8FIN2/c15-14-10(9-2-1-5-17-6-9)3-4-11-12(14)7-18-8-13(11)16/h1-8H. The van der Waals surface area contributed by atoms with Crippen LogP contribution in [0, 0.1) is 9.39 Å². The molecule has 4 heteroatoms. The predicted octanol–water partition coefficient (Wildman–Crippen LogP) is 4.04. The van der Waals surface area contributed by atoms with E-state index in [1.54, 1.807) is 36.9 Å². The van der Waals surface area contributed by atoms with Gasteiger partial charge in [0.15, 0.2) is 0 Å². The van der Waals surface area contributed by atoms with E-state index < -0.39 is 0 Å². The third-order valence-corrected chi connectivity index (χ3v) is 3.66. The molecule has 0 aliphatic rings. The monoisotopic (exact) mass is 350 g/mol. The highest BCUT2D eigenvalue weighted by atomic mass is 127. The van der Waals surface area contributed by atoms with Gasteiger partial charge in [0.2, 0.25) is 0 Å². The Labute approximate surface area is 117 Å². The summed E-state index contributed by atoms with van der Waals surface area (Å²) >= 11 is 2.16. The largest absolute Gasteiger partial charge is 0.264 e. The molecule has 0 saturated carbocycles. The second kappa shape index (κ2) is 4.61. The van der Waals surface area contributed by atoms with E-state index in [1.165, 1.54) is 0 Å². The van der Waals surface area contributed by atoms with E-state index in [9.17, 15) is 4.39 Å². The van der Waals surface area contributed by atoms with Crippen molar-refractivity contribution >= 4 is 33.4 Å². The molecular weight excluding hydrogens is 342 g/mol. The minimum absolute atomic E-state index is 0.244. The van der Waals surface area contributed by atoms with Crippen molar-refractivity contribution in [2.45, 2.75) is 0 Å². The fourth-order valence-electron chi connectivity index (χ4n) is 1.92. The first-order valence-corrected chi connectivity index (χ1v) is 6.47. The van der Waals surface area contributed by atoms with Gasteiger partial charge in [-0.2, -0.15) is 0 Å². The van der Waals surface area contributed by atoms with Crippen LogP contribution in [0.4, 0.5) is 4.39 Å². The van der Waals surface area contributed by atoms with Crippen LogP contribution in [0.5, 0.6) is 0 Å². The second-order valence-electron chi connectivity index (χ2n) is 3.89. The van der Waals surface area contributed by atoms with Gasteiger partial charge in [0.05, 0.1) is 0 Å². The zero-order chi connectivity index (χ0) is 12.5. The van der Waals surface area contributed by atoms with Gasteiger partial charge in [-0.1, -0.05) is 18.2 Å². The Morgan fingerprint density at radius 3 is 2.61 bits per heavy atom. The molecule has 88 valence electrons. The molecule has 0 spiro atoms. The summed E-state index contributed by atoms with van der Waals surface area (Å²) in [4.78, 5) is 8.06. The van der Waals surface area contributed by atoms with E-state index >= 15 is 0 Å². The summed E-state index contributed by atoms with van der Waals surface area (Å²) in [5.41, 5.74) is 1.33. The maximum atomic E-state index is 14.5. The lowest BCUT2D eigenvalue weighted by Gasteiger charge is -2.07. The highest BCUT2D eigenvalue weighted by Gasteiger charge is 2.10. The van der Waals surface area contributed by atoms with Crippen LogP contribution in [-0.2, 0) is 0 Å². The number of fused-ring (bicyclic) bond motifs is 1. The average molecular weight is 350 g/mol. The van der Waals surface area contributed by atoms with Gasteiger partial charge in [-0.3, -0.25) is 9.97 Å². The maximum absolute atomic E-state index is 14.5. The summed E-state index contributed by atoms with van der Waals surface area (Å²) in [7, 11) is 0. The van der Waals surface area contributed by atoms with E-state index in [1.807, 2.05) is 12.1 Å². The molecule has 2 aromatic heterocycles. The van der Waals surface area contributed by atoms with Crippen molar-refractivity contribution in [2.75, 3.05) is 0 Å². The number of hydrogen-bond donors (Lipinski definition) is 0. The number of hydrogen-bond acceptors (Lipinski definition) is 2. The van der Waals surface area contributed by atoms with Gasteiger partial charge in [-0.25, -0.2) is 4.39 Å². The van der Waals surface area contributed by atoms with Crippen LogP contribution in [0.1, 0.15) is 0 Å². The molecule has 0 bridgehead atoms. The number of pyridine rings is 2. The minimum Gasteiger partial charge on any atom is -0.264 e. The first kappa shape index (κ1) is 11.5. The molecule has 3 rings (SSSR count). The van der Waals surface area contributed by atoms with Crippen molar-refractivity contribution in [3.63, 3.8) is 0 Å². The molecule has 2 nitrogen and oxygen atoms in total. The molecule has 0 N–H and O–H groups in total. The molecule has 18 heavy (non-hydrogen) atoms. The van der Waals surface area contributed by atoms with Crippen LogP contribution >= 0.6 is 22.6 Å². The van der Waals surface area contributed by atoms with Crippen molar-refractivity contribution in [1.29, 1.82) is 0 Å². The third kappa shape index (κ3) is 1.86. The van der Waals surface area contributed by atoms with Crippen molar-refractivity contribution < 1.29 is 4.39 Å². The molecule has 0 aliphatic heterocycles. The highest BCUT2D eigenvalue weighted by Crippen LogP contribution is 2.29. The Morgan fingerprint density at radius 1 is 0.944 bits per heavy atom. The number of aromatic nitrogens is 2. The molecule has 3 aromatic rings. The topological polar surface area (TPSA) is 25.8 Å². The Balaban J connectivity index is 2.31. The third-order valence-electron chi connectivity index (χ3n) is 2.80. The molecule has 2 heterocycles. The SMILES string of the molecule is Fc1c(-c2cccnc2)ccc2c(I)cncc12. The van der Waals surface area contributed by atoms with Gasteiger partial charge in [0, 0.05) is 50.3 Å². The Bertz CT molecular complexity index is 714. The van der Waals surface area contributed by atoms with Crippen LogP contribution in [0.3, 0.4) is 0 Å². The van der Waals surface area contributed by atoms with Crippen molar-refractivity contribution in [3.05, 3.63) is 58.4 Å². The van der Waals surface area contributed by atoms with Crippen molar-refractivity contribution in [2.24, 2.45) is 0 Å². The summed E-state index contributed by atoms with van der Waals surface area (Å²) in [6, 6.07) is 7.35. The molecule has 1 aromatic carbocycles. The van der Waals surface area contributed by atoms with E-state index in [0.717, 1.165) is 14.5 Å². The van der Waals surface area contributed by atoms with Gasteiger partial charge in [0.25, 0.3) is 0 Å². The fraction of sp³-hybridized carbons (Fsp3) is 0. The predicted molar refractivity (Wildman–Crippen MR) is 77.6 cm³/mol. The van der Waals surface area contributed by atoms with Crippen LogP contribution in [0.15, 0.2) is 49.1 Å². The molecule has 0 atom stereocenters. The molecule has 0 amide bonds. The summed E-state index contributed by atoms with van der Waals surface area (Å²) in [5.74, 6) is -0.244. The molecular formula is C14H8FIN2. The second-order valence-corrected chi connectivity index (χ2v) is 5.05. The zero-order valence-electron chi connectivity index (χ0n) is 9.27. The van der Waals surface area contributed by atoms with Crippen LogP contribution < -0.4 is 0 Å².